The van der Waals surface area contributed by atoms with Gasteiger partial charge >= 0.3 is 5.97 Å². The highest BCUT2D eigenvalue weighted by Crippen LogP contribution is 2.45. The topological polar surface area (TPSA) is 102 Å². The molecule has 6 rings (SSSR count). The summed E-state index contributed by atoms with van der Waals surface area (Å²) in [5.41, 5.74) is -1.36. The van der Waals surface area contributed by atoms with Crippen LogP contribution in [-0.2, 0) is 14.3 Å². The molecule has 2 N–H and O–H groups in total. The second kappa shape index (κ2) is 9.97. The summed E-state index contributed by atoms with van der Waals surface area (Å²) in [4.78, 5) is 26.5. The number of carbonyl (C=O) groups is 2. The van der Waals surface area contributed by atoms with Crippen LogP contribution in [0.15, 0.2) is 16.9 Å². The van der Waals surface area contributed by atoms with E-state index in [4.69, 9.17) is 9.26 Å². The minimum atomic E-state index is -1.36. The summed E-state index contributed by atoms with van der Waals surface area (Å²) in [6, 6.07) is 1.63. The van der Waals surface area contributed by atoms with Crippen molar-refractivity contribution in [1.82, 2.24) is 5.16 Å². The van der Waals surface area contributed by atoms with Gasteiger partial charge in [0.2, 0.25) is 0 Å². The number of piperidine rings is 3. The quantitative estimate of drug-likeness (QED) is 0.462. The van der Waals surface area contributed by atoms with Crippen LogP contribution in [0.4, 0.5) is 5.82 Å². The van der Waals surface area contributed by atoms with Crippen LogP contribution in [0.25, 0.3) is 0 Å². The van der Waals surface area contributed by atoms with Gasteiger partial charge in [0.25, 0.3) is 5.91 Å². The number of amides is 1. The molecule has 0 radical (unpaired) electrons. The van der Waals surface area contributed by atoms with E-state index in [-0.39, 0.29) is 29.8 Å². The van der Waals surface area contributed by atoms with E-state index in [1.807, 2.05) is 0 Å². The second-order valence-electron chi connectivity index (χ2n) is 11.3. The van der Waals surface area contributed by atoms with Crippen LogP contribution in [0, 0.1) is 17.8 Å². The van der Waals surface area contributed by atoms with Gasteiger partial charge < -0.3 is 24.2 Å². The highest BCUT2D eigenvalue weighted by molar-refractivity contribution is 5.90. The fraction of sp³-hybridized carbons (Fsp3) is 0.808. The number of hydrogen-bond donors (Lipinski definition) is 2. The molecule has 5 aliphatic rings. The molecule has 2 saturated carbocycles. The summed E-state index contributed by atoms with van der Waals surface area (Å²) < 4.78 is 11.7. The highest BCUT2D eigenvalue weighted by Gasteiger charge is 2.54. The number of fused-ring (bicyclic) bond motifs is 3. The zero-order valence-corrected chi connectivity index (χ0v) is 20.3. The van der Waals surface area contributed by atoms with Crippen molar-refractivity contribution < 1.29 is 28.4 Å². The van der Waals surface area contributed by atoms with Gasteiger partial charge in [-0.05, 0) is 37.5 Å². The van der Waals surface area contributed by atoms with Gasteiger partial charge in [-0.3, -0.25) is 4.79 Å². The van der Waals surface area contributed by atoms with Crippen molar-refractivity contribution in [3.05, 3.63) is 12.3 Å². The van der Waals surface area contributed by atoms with Crippen LogP contribution in [0.5, 0.6) is 0 Å². The molecule has 2 bridgehead atoms. The van der Waals surface area contributed by atoms with E-state index in [0.29, 0.717) is 29.3 Å². The normalized spacial score (nSPS) is 30.7. The molecule has 3 saturated heterocycles. The van der Waals surface area contributed by atoms with Crippen molar-refractivity contribution in [3.8, 4) is 0 Å². The predicted octanol–water partition coefficient (Wildman–Crippen LogP) is 3.66. The zero-order valence-electron chi connectivity index (χ0n) is 20.3. The van der Waals surface area contributed by atoms with E-state index < -0.39 is 5.60 Å². The molecule has 5 fully saturated rings. The molecule has 8 heteroatoms. The smallest absolute Gasteiger partial charge is 0.339 e. The molecule has 4 heterocycles. The lowest BCUT2D eigenvalue weighted by Crippen LogP contribution is -2.67. The molecular weight excluding hydrogens is 434 g/mol. The molecule has 1 amide bonds. The highest BCUT2D eigenvalue weighted by atomic mass is 16.6. The van der Waals surface area contributed by atoms with Gasteiger partial charge in [-0.2, -0.15) is 0 Å². The number of hydrogen-bond acceptors (Lipinski definition) is 6. The van der Waals surface area contributed by atoms with Crippen molar-refractivity contribution in [2.24, 2.45) is 17.8 Å². The summed E-state index contributed by atoms with van der Waals surface area (Å²) >= 11 is 0. The van der Waals surface area contributed by atoms with Crippen molar-refractivity contribution in [1.29, 1.82) is 0 Å². The van der Waals surface area contributed by atoms with Gasteiger partial charge in [0.15, 0.2) is 24.1 Å². The Bertz CT molecular complexity index is 819. The fourth-order valence-corrected chi connectivity index (χ4v) is 7.32. The monoisotopic (exact) mass is 474 g/mol. The first-order valence-electron chi connectivity index (χ1n) is 13.5. The molecule has 1 aromatic heterocycles. The van der Waals surface area contributed by atoms with E-state index in [0.717, 1.165) is 77.3 Å². The first-order valence-corrected chi connectivity index (χ1v) is 13.5. The van der Waals surface area contributed by atoms with Crippen LogP contribution < -0.4 is 5.32 Å². The Kier molecular flexibility index (Phi) is 6.98. The third kappa shape index (κ3) is 4.76. The average molecular weight is 475 g/mol. The molecular formula is C26H40N3O5+. The first kappa shape index (κ1) is 23.8. The van der Waals surface area contributed by atoms with Crippen LogP contribution >= 0.6 is 0 Å². The van der Waals surface area contributed by atoms with Crippen molar-refractivity contribution in [2.45, 2.75) is 88.8 Å². The Hall–Kier alpha value is -1.93. The standard InChI is InChI=1S/C26H39N3O5/c30-24(27-23-13-16-33-28-23)18-29-14-11-19(12-15-29)22(17-29)34-25(31)26(32,20-7-3-1-4-8-20)21-9-5-2-6-10-21/h13,16,19-22,32H,1-12,14-15,17-18H2/p+1/t19?,22-,29?/m0/s1. The van der Waals surface area contributed by atoms with Crippen molar-refractivity contribution >= 4 is 17.7 Å². The molecule has 188 valence electrons. The van der Waals surface area contributed by atoms with Crippen LogP contribution in [-0.4, -0.2) is 64.5 Å². The maximum atomic E-state index is 13.8. The maximum Gasteiger partial charge on any atom is 0.339 e. The average Bonchev–Trinajstić information content (AvgIpc) is 3.37. The molecule has 2 aliphatic carbocycles. The maximum absolute atomic E-state index is 13.8. The Morgan fingerprint density at radius 2 is 1.65 bits per heavy atom. The summed E-state index contributed by atoms with van der Waals surface area (Å²) in [6.45, 7) is 2.82. The first-order chi connectivity index (χ1) is 16.5. The van der Waals surface area contributed by atoms with Gasteiger partial charge in [0, 0.05) is 24.8 Å². The van der Waals surface area contributed by atoms with E-state index in [1.165, 1.54) is 19.1 Å². The lowest BCUT2D eigenvalue weighted by molar-refractivity contribution is -0.939. The van der Waals surface area contributed by atoms with E-state index in [2.05, 4.69) is 10.5 Å². The van der Waals surface area contributed by atoms with Gasteiger partial charge in [-0.1, -0.05) is 43.7 Å². The number of anilines is 1. The van der Waals surface area contributed by atoms with Gasteiger partial charge in [0.1, 0.15) is 12.8 Å². The van der Waals surface area contributed by atoms with E-state index >= 15 is 0 Å². The fourth-order valence-electron chi connectivity index (χ4n) is 7.32. The van der Waals surface area contributed by atoms with Crippen molar-refractivity contribution in [3.63, 3.8) is 0 Å². The summed E-state index contributed by atoms with van der Waals surface area (Å²) in [6.07, 6.45) is 13.5. The Morgan fingerprint density at radius 3 is 2.21 bits per heavy atom. The third-order valence-corrected chi connectivity index (χ3v) is 9.27. The number of quaternary nitrogens is 1. The van der Waals surface area contributed by atoms with E-state index in [9.17, 15) is 14.7 Å². The summed E-state index contributed by atoms with van der Waals surface area (Å²) in [7, 11) is 0. The van der Waals surface area contributed by atoms with Gasteiger partial charge in [-0.25, -0.2) is 4.79 Å². The third-order valence-electron chi connectivity index (χ3n) is 9.27. The van der Waals surface area contributed by atoms with Crippen molar-refractivity contribution in [2.75, 3.05) is 31.5 Å². The molecule has 0 aromatic carbocycles. The molecule has 1 atom stereocenters. The number of carbonyl (C=O) groups excluding carboxylic acids is 2. The lowest BCUT2D eigenvalue weighted by atomic mass is 9.66. The van der Waals surface area contributed by atoms with Crippen LogP contribution in [0.1, 0.15) is 77.0 Å². The zero-order chi connectivity index (χ0) is 23.6. The molecule has 34 heavy (non-hydrogen) atoms. The number of aliphatic hydroxyl groups is 1. The summed E-state index contributed by atoms with van der Waals surface area (Å²) in [5, 5.41) is 18.6. The van der Waals surface area contributed by atoms with Crippen LogP contribution in [0.2, 0.25) is 0 Å². The molecule has 0 unspecified atom stereocenters. The Balaban J connectivity index is 1.28. The van der Waals surface area contributed by atoms with Crippen LogP contribution in [0.3, 0.4) is 0 Å². The summed E-state index contributed by atoms with van der Waals surface area (Å²) in [5.74, 6) is 0.284. The second-order valence-corrected chi connectivity index (χ2v) is 11.3. The lowest BCUT2D eigenvalue weighted by Gasteiger charge is -2.52. The Morgan fingerprint density at radius 1 is 1.03 bits per heavy atom. The van der Waals surface area contributed by atoms with Gasteiger partial charge in [-0.15, -0.1) is 0 Å². The van der Waals surface area contributed by atoms with Gasteiger partial charge in [0.05, 0.1) is 13.1 Å². The number of aromatic nitrogens is 1. The SMILES string of the molecule is O=C(C[N+]12CCC(CC1)[C@@H](OC(=O)C(O)(C1CCCCC1)C1CCCCC1)C2)Nc1ccon1. The number of rotatable bonds is 7. The molecule has 8 nitrogen and oxygen atoms in total. The molecule has 0 spiro atoms. The molecule has 3 aliphatic heterocycles. The number of ether oxygens (including phenoxy) is 1. The largest absolute Gasteiger partial charge is 0.454 e. The number of esters is 1. The number of nitrogens with zero attached hydrogens (tertiary/aromatic N) is 2. The van der Waals surface area contributed by atoms with E-state index in [1.54, 1.807) is 6.07 Å². The minimum Gasteiger partial charge on any atom is -0.454 e. The molecule has 1 aromatic rings. The number of nitrogens with one attached hydrogen (secondary N) is 1. The Labute approximate surface area is 202 Å². The predicted molar refractivity (Wildman–Crippen MR) is 126 cm³/mol. The minimum absolute atomic E-state index is 0.00863.